The average molecular weight is 404 g/mol. The van der Waals surface area contributed by atoms with Gasteiger partial charge in [-0.3, -0.25) is 4.79 Å². The molecule has 138 valence electrons. The van der Waals surface area contributed by atoms with Crippen LogP contribution in [-0.4, -0.2) is 27.6 Å². The lowest BCUT2D eigenvalue weighted by Gasteiger charge is -2.12. The van der Waals surface area contributed by atoms with Crippen molar-refractivity contribution in [1.29, 1.82) is 0 Å². The quantitative estimate of drug-likeness (QED) is 0.654. The molecule has 3 N–H and O–H groups in total. The zero-order valence-corrected chi connectivity index (χ0v) is 15.5. The van der Waals surface area contributed by atoms with Gasteiger partial charge in [0.05, 0.1) is 5.69 Å². The first-order valence-corrected chi connectivity index (χ1v) is 8.67. The zero-order chi connectivity index (χ0) is 19.4. The fraction of sp³-hybridized carbons (Fsp3) is 0.105. The maximum atomic E-state index is 10.8. The average Bonchev–Trinajstić information content (AvgIpc) is 2.65. The minimum Gasteiger partial charge on any atom is -0.507 e. The number of amides is 1. The smallest absolute Gasteiger partial charge is 0.255 e. The molecule has 2 aromatic carbocycles. The van der Waals surface area contributed by atoms with E-state index in [-0.39, 0.29) is 12.4 Å². The predicted octanol–water partition coefficient (Wildman–Crippen LogP) is 3.61. The molecule has 27 heavy (non-hydrogen) atoms. The number of phenolic OH excluding ortho intramolecular Hbond substituents is 1. The first-order chi connectivity index (χ1) is 12.9. The van der Waals surface area contributed by atoms with Gasteiger partial charge in [0, 0.05) is 28.2 Å². The van der Waals surface area contributed by atoms with Gasteiger partial charge < -0.3 is 15.6 Å². The SMILES string of the molecule is NC(=O)COc1cc(Cl)c(Cc2ccc(O)c(-c3ccncn3)c2)c(Cl)c1. The van der Waals surface area contributed by atoms with Crippen molar-refractivity contribution >= 4 is 29.1 Å². The number of ether oxygens (including phenoxy) is 1. The van der Waals surface area contributed by atoms with Gasteiger partial charge >= 0.3 is 0 Å². The number of halogens is 2. The van der Waals surface area contributed by atoms with Crippen molar-refractivity contribution in [3.05, 3.63) is 70.1 Å². The summed E-state index contributed by atoms with van der Waals surface area (Å²) in [5.74, 6) is -0.113. The molecule has 3 rings (SSSR count). The fourth-order valence-corrected chi connectivity index (χ4v) is 3.14. The summed E-state index contributed by atoms with van der Waals surface area (Å²) < 4.78 is 5.24. The van der Waals surface area contributed by atoms with Crippen molar-refractivity contribution in [3.8, 4) is 22.8 Å². The number of benzene rings is 2. The van der Waals surface area contributed by atoms with Crippen LogP contribution in [-0.2, 0) is 11.2 Å². The van der Waals surface area contributed by atoms with Crippen LogP contribution < -0.4 is 10.5 Å². The highest BCUT2D eigenvalue weighted by Crippen LogP contribution is 2.34. The zero-order valence-electron chi connectivity index (χ0n) is 14.0. The number of aromatic nitrogens is 2. The van der Waals surface area contributed by atoms with Crippen LogP contribution in [0.3, 0.4) is 0 Å². The standard InChI is InChI=1S/C19H15Cl2N3O3/c20-15-7-12(27-9-19(22)26)8-16(21)13(15)5-11-1-2-18(25)14(6-11)17-3-4-23-10-24-17/h1-4,6-8,10,25H,5,9H2,(H2,22,26). The van der Waals surface area contributed by atoms with Crippen LogP contribution in [0, 0.1) is 0 Å². The number of hydrogen-bond acceptors (Lipinski definition) is 5. The monoisotopic (exact) mass is 403 g/mol. The summed E-state index contributed by atoms with van der Waals surface area (Å²) in [6.45, 7) is -0.258. The van der Waals surface area contributed by atoms with Crippen molar-refractivity contribution in [2.75, 3.05) is 6.61 Å². The van der Waals surface area contributed by atoms with Crippen LogP contribution >= 0.6 is 23.2 Å². The minimum absolute atomic E-state index is 0.116. The number of rotatable bonds is 6. The van der Waals surface area contributed by atoms with Gasteiger partial charge in [-0.2, -0.15) is 0 Å². The van der Waals surface area contributed by atoms with Crippen molar-refractivity contribution in [2.24, 2.45) is 5.73 Å². The Morgan fingerprint density at radius 2 is 1.89 bits per heavy atom. The highest BCUT2D eigenvalue weighted by Gasteiger charge is 2.13. The van der Waals surface area contributed by atoms with E-state index >= 15 is 0 Å². The summed E-state index contributed by atoms with van der Waals surface area (Å²) in [6, 6.07) is 10.1. The Bertz CT molecular complexity index is 958. The normalized spacial score (nSPS) is 10.6. The molecule has 6 nitrogen and oxygen atoms in total. The maximum Gasteiger partial charge on any atom is 0.255 e. The molecule has 1 aromatic heterocycles. The molecule has 1 heterocycles. The third kappa shape index (κ3) is 4.67. The topological polar surface area (TPSA) is 98.3 Å². The molecule has 0 aliphatic rings. The van der Waals surface area contributed by atoms with Crippen molar-refractivity contribution in [2.45, 2.75) is 6.42 Å². The number of aromatic hydroxyl groups is 1. The Balaban J connectivity index is 1.88. The van der Waals surface area contributed by atoms with Crippen LogP contribution in [0.2, 0.25) is 10.0 Å². The van der Waals surface area contributed by atoms with E-state index < -0.39 is 5.91 Å². The molecule has 0 saturated carbocycles. The van der Waals surface area contributed by atoms with E-state index in [1.54, 1.807) is 36.5 Å². The van der Waals surface area contributed by atoms with Crippen molar-refractivity contribution in [1.82, 2.24) is 9.97 Å². The van der Waals surface area contributed by atoms with E-state index in [2.05, 4.69) is 9.97 Å². The predicted molar refractivity (Wildman–Crippen MR) is 103 cm³/mol. The lowest BCUT2D eigenvalue weighted by Crippen LogP contribution is -2.20. The molecule has 0 saturated heterocycles. The van der Waals surface area contributed by atoms with Crippen LogP contribution in [0.15, 0.2) is 48.9 Å². The number of carbonyl (C=O) groups is 1. The number of nitrogens with zero attached hydrogens (tertiary/aromatic N) is 2. The molecule has 1 amide bonds. The molecule has 0 aliphatic heterocycles. The Labute approximate surface area is 165 Å². The molecule has 8 heteroatoms. The second-order valence-electron chi connectivity index (χ2n) is 5.74. The third-order valence-corrected chi connectivity index (χ3v) is 4.47. The van der Waals surface area contributed by atoms with E-state index in [0.29, 0.717) is 39.0 Å². The highest BCUT2D eigenvalue weighted by atomic mass is 35.5. The van der Waals surface area contributed by atoms with Crippen LogP contribution in [0.1, 0.15) is 11.1 Å². The largest absolute Gasteiger partial charge is 0.507 e. The molecular weight excluding hydrogens is 389 g/mol. The molecule has 0 atom stereocenters. The van der Waals surface area contributed by atoms with Crippen molar-refractivity contribution in [3.63, 3.8) is 0 Å². The van der Waals surface area contributed by atoms with Crippen LogP contribution in [0.25, 0.3) is 11.3 Å². The van der Waals surface area contributed by atoms with E-state index in [1.807, 2.05) is 6.07 Å². The van der Waals surface area contributed by atoms with Gasteiger partial charge in [0.1, 0.15) is 17.8 Å². The number of phenols is 1. The summed E-state index contributed by atoms with van der Waals surface area (Å²) in [4.78, 5) is 18.9. The van der Waals surface area contributed by atoms with Crippen molar-refractivity contribution < 1.29 is 14.6 Å². The lowest BCUT2D eigenvalue weighted by atomic mass is 10.0. The number of nitrogens with two attached hydrogens (primary N) is 1. The molecule has 0 fully saturated rings. The van der Waals surface area contributed by atoms with Crippen LogP contribution in [0.5, 0.6) is 11.5 Å². The Morgan fingerprint density at radius 3 is 2.52 bits per heavy atom. The number of carbonyl (C=O) groups excluding carboxylic acids is 1. The summed E-state index contributed by atoms with van der Waals surface area (Å²) in [5.41, 5.74) is 7.84. The highest BCUT2D eigenvalue weighted by molar-refractivity contribution is 6.36. The molecule has 0 bridgehead atoms. The van der Waals surface area contributed by atoms with E-state index in [0.717, 1.165) is 5.56 Å². The van der Waals surface area contributed by atoms with Gasteiger partial charge in [-0.1, -0.05) is 29.3 Å². The Hall–Kier alpha value is -2.83. The third-order valence-electron chi connectivity index (χ3n) is 3.80. The number of primary amides is 1. The number of hydrogen-bond donors (Lipinski definition) is 2. The minimum atomic E-state index is -0.590. The first kappa shape index (κ1) is 18.9. The molecule has 0 aliphatic carbocycles. The molecule has 0 radical (unpaired) electrons. The summed E-state index contributed by atoms with van der Waals surface area (Å²) in [6.07, 6.45) is 3.46. The van der Waals surface area contributed by atoms with Gasteiger partial charge in [-0.05, 0) is 41.5 Å². The molecule has 0 unspecified atom stereocenters. The first-order valence-electron chi connectivity index (χ1n) is 7.91. The molecule has 0 spiro atoms. The lowest BCUT2D eigenvalue weighted by molar-refractivity contribution is -0.119. The van der Waals surface area contributed by atoms with Gasteiger partial charge in [-0.25, -0.2) is 9.97 Å². The second kappa shape index (κ2) is 8.24. The van der Waals surface area contributed by atoms with Crippen LogP contribution in [0.4, 0.5) is 0 Å². The van der Waals surface area contributed by atoms with Gasteiger partial charge in [0.2, 0.25) is 0 Å². The van der Waals surface area contributed by atoms with E-state index in [4.69, 9.17) is 33.7 Å². The molecule has 3 aromatic rings. The van der Waals surface area contributed by atoms with Gasteiger partial charge in [-0.15, -0.1) is 0 Å². The molecular formula is C19H15Cl2N3O3. The fourth-order valence-electron chi connectivity index (χ4n) is 2.54. The van der Waals surface area contributed by atoms with E-state index in [1.165, 1.54) is 6.33 Å². The van der Waals surface area contributed by atoms with Gasteiger partial charge in [0.25, 0.3) is 5.91 Å². The van der Waals surface area contributed by atoms with E-state index in [9.17, 15) is 9.90 Å². The van der Waals surface area contributed by atoms with Gasteiger partial charge in [0.15, 0.2) is 6.61 Å². The maximum absolute atomic E-state index is 10.8. The summed E-state index contributed by atoms with van der Waals surface area (Å²) in [7, 11) is 0. The Kier molecular flexibility index (Phi) is 5.78. The summed E-state index contributed by atoms with van der Waals surface area (Å²) >= 11 is 12.7. The Morgan fingerprint density at radius 1 is 1.15 bits per heavy atom. The second-order valence-corrected chi connectivity index (χ2v) is 6.56. The summed E-state index contributed by atoms with van der Waals surface area (Å²) in [5, 5.41) is 10.9.